The zero-order chi connectivity index (χ0) is 15.2. The van der Waals surface area contributed by atoms with E-state index in [1.807, 2.05) is 13.0 Å². The minimum Gasteiger partial charge on any atom is -0.421 e. The Hall–Kier alpha value is -2.62. The summed E-state index contributed by atoms with van der Waals surface area (Å²) >= 11 is 0. The third kappa shape index (κ3) is 3.92. The third-order valence-electron chi connectivity index (χ3n) is 2.94. The fourth-order valence-corrected chi connectivity index (χ4v) is 1.83. The van der Waals surface area contributed by atoms with Crippen molar-refractivity contribution in [2.24, 2.45) is 0 Å². The van der Waals surface area contributed by atoms with E-state index in [2.05, 4.69) is 5.32 Å². The lowest BCUT2D eigenvalue weighted by Crippen LogP contribution is -2.13. The fourth-order valence-electron chi connectivity index (χ4n) is 1.83. The van der Waals surface area contributed by atoms with Gasteiger partial charge in [0, 0.05) is 6.42 Å². The maximum atomic E-state index is 12.1. The number of aryl methyl sites for hydroxylation is 1. The molecule has 0 radical (unpaired) electrons. The van der Waals surface area contributed by atoms with E-state index in [-0.39, 0.29) is 5.91 Å². The zero-order valence-electron chi connectivity index (χ0n) is 12.1. The van der Waals surface area contributed by atoms with Gasteiger partial charge in [-0.25, -0.2) is 4.79 Å². The van der Waals surface area contributed by atoms with Gasteiger partial charge in [-0.05, 0) is 31.2 Å². The molecule has 0 saturated heterocycles. The normalized spacial score (nSPS) is 10.0. The number of rotatable bonds is 4. The molecular formula is C17H17NO3. The molecule has 1 amide bonds. The Kier molecular flexibility index (Phi) is 4.72. The molecule has 2 aromatic rings. The number of carbonyl (C=O) groups excluding carboxylic acids is 2. The highest BCUT2D eigenvalue weighted by atomic mass is 16.5. The summed E-state index contributed by atoms with van der Waals surface area (Å²) in [6, 6.07) is 14.0. The summed E-state index contributed by atoms with van der Waals surface area (Å²) in [5.41, 5.74) is 1.95. The van der Waals surface area contributed by atoms with Gasteiger partial charge in [0.15, 0.2) is 5.75 Å². The summed E-state index contributed by atoms with van der Waals surface area (Å²) in [5.74, 6) is -0.239. The van der Waals surface area contributed by atoms with Gasteiger partial charge in [0.1, 0.15) is 0 Å². The van der Waals surface area contributed by atoms with Crippen molar-refractivity contribution < 1.29 is 14.3 Å². The minimum absolute atomic E-state index is 0.131. The number of esters is 1. The van der Waals surface area contributed by atoms with Crippen LogP contribution < -0.4 is 10.1 Å². The Bertz CT molecular complexity index is 665. The first-order valence-corrected chi connectivity index (χ1v) is 6.78. The number of hydrogen-bond acceptors (Lipinski definition) is 3. The molecule has 0 aliphatic rings. The van der Waals surface area contributed by atoms with E-state index in [0.717, 1.165) is 5.56 Å². The number of benzene rings is 2. The number of amides is 1. The maximum absolute atomic E-state index is 12.1. The first-order chi connectivity index (χ1) is 10.1. The van der Waals surface area contributed by atoms with Crippen LogP contribution in [0.1, 0.15) is 29.3 Å². The van der Waals surface area contributed by atoms with Crippen molar-refractivity contribution in [3.8, 4) is 5.75 Å². The second-order valence-corrected chi connectivity index (χ2v) is 4.66. The van der Waals surface area contributed by atoms with Crippen LogP contribution in [0.4, 0.5) is 5.69 Å². The van der Waals surface area contributed by atoms with Gasteiger partial charge in [0.25, 0.3) is 0 Å². The molecule has 0 spiro atoms. The van der Waals surface area contributed by atoms with Gasteiger partial charge in [-0.3, -0.25) is 4.79 Å². The van der Waals surface area contributed by atoms with E-state index in [1.54, 1.807) is 49.4 Å². The first kappa shape index (κ1) is 14.8. The predicted molar refractivity (Wildman–Crippen MR) is 81.5 cm³/mol. The molecule has 1 N–H and O–H groups in total. The van der Waals surface area contributed by atoms with Crippen molar-refractivity contribution in [2.45, 2.75) is 20.3 Å². The maximum Gasteiger partial charge on any atom is 0.343 e. The number of carbonyl (C=O) groups is 2. The van der Waals surface area contributed by atoms with E-state index < -0.39 is 5.97 Å². The monoisotopic (exact) mass is 283 g/mol. The Morgan fingerprint density at radius 3 is 2.57 bits per heavy atom. The SMILES string of the molecule is CCC(=O)Nc1ccccc1OC(=O)c1cccc(C)c1. The molecule has 0 aliphatic carbocycles. The van der Waals surface area contributed by atoms with Crippen LogP contribution in [0.25, 0.3) is 0 Å². The molecule has 0 fully saturated rings. The Morgan fingerprint density at radius 2 is 1.86 bits per heavy atom. The summed E-state index contributed by atoms with van der Waals surface area (Å²) in [7, 11) is 0. The molecule has 0 unspecified atom stereocenters. The molecular weight excluding hydrogens is 266 g/mol. The number of nitrogens with one attached hydrogen (secondary N) is 1. The molecule has 4 heteroatoms. The zero-order valence-corrected chi connectivity index (χ0v) is 12.1. The van der Waals surface area contributed by atoms with Crippen molar-refractivity contribution in [1.82, 2.24) is 0 Å². The lowest BCUT2D eigenvalue weighted by atomic mass is 10.1. The second kappa shape index (κ2) is 6.70. The van der Waals surface area contributed by atoms with Gasteiger partial charge in [-0.15, -0.1) is 0 Å². The second-order valence-electron chi connectivity index (χ2n) is 4.66. The molecule has 108 valence electrons. The highest BCUT2D eigenvalue weighted by Gasteiger charge is 2.12. The lowest BCUT2D eigenvalue weighted by Gasteiger charge is -2.11. The average molecular weight is 283 g/mol. The smallest absolute Gasteiger partial charge is 0.343 e. The van der Waals surface area contributed by atoms with Crippen LogP contribution in [0.3, 0.4) is 0 Å². The standard InChI is InChI=1S/C17H17NO3/c1-3-16(19)18-14-9-4-5-10-15(14)21-17(20)13-8-6-7-12(2)11-13/h4-11H,3H2,1-2H3,(H,18,19). The number of anilines is 1. The van der Waals surface area contributed by atoms with E-state index in [0.29, 0.717) is 23.4 Å². The molecule has 0 aliphatic heterocycles. The van der Waals surface area contributed by atoms with Crippen molar-refractivity contribution in [3.63, 3.8) is 0 Å². The molecule has 21 heavy (non-hydrogen) atoms. The summed E-state index contributed by atoms with van der Waals surface area (Å²) < 4.78 is 5.38. The molecule has 2 aromatic carbocycles. The predicted octanol–water partition coefficient (Wildman–Crippen LogP) is 3.56. The topological polar surface area (TPSA) is 55.4 Å². The van der Waals surface area contributed by atoms with Gasteiger partial charge in [0.05, 0.1) is 11.3 Å². The quantitative estimate of drug-likeness (QED) is 0.689. The summed E-state index contributed by atoms with van der Waals surface area (Å²) in [4.78, 5) is 23.6. The molecule has 0 heterocycles. The van der Waals surface area contributed by atoms with Gasteiger partial charge >= 0.3 is 5.97 Å². The first-order valence-electron chi connectivity index (χ1n) is 6.78. The Morgan fingerprint density at radius 1 is 1.10 bits per heavy atom. The van der Waals surface area contributed by atoms with Crippen LogP contribution in [-0.4, -0.2) is 11.9 Å². The van der Waals surface area contributed by atoms with Crippen molar-refractivity contribution in [3.05, 3.63) is 59.7 Å². The lowest BCUT2D eigenvalue weighted by molar-refractivity contribution is -0.115. The minimum atomic E-state index is -0.447. The summed E-state index contributed by atoms with van der Waals surface area (Å²) in [6.07, 6.45) is 0.361. The van der Waals surface area contributed by atoms with Gasteiger partial charge < -0.3 is 10.1 Å². The van der Waals surface area contributed by atoms with Crippen LogP contribution in [0.2, 0.25) is 0 Å². The molecule has 0 atom stereocenters. The van der Waals surface area contributed by atoms with Crippen molar-refractivity contribution in [1.29, 1.82) is 0 Å². The average Bonchev–Trinajstić information content (AvgIpc) is 2.49. The number of hydrogen-bond donors (Lipinski definition) is 1. The molecule has 0 aromatic heterocycles. The van der Waals surface area contributed by atoms with E-state index >= 15 is 0 Å². The number of para-hydroxylation sites is 2. The van der Waals surface area contributed by atoms with Crippen LogP contribution in [0.5, 0.6) is 5.75 Å². The summed E-state index contributed by atoms with van der Waals surface area (Å²) in [5, 5.41) is 2.71. The van der Waals surface area contributed by atoms with Gasteiger partial charge in [-0.1, -0.05) is 36.8 Å². The van der Waals surface area contributed by atoms with Crippen molar-refractivity contribution >= 4 is 17.6 Å². The van der Waals surface area contributed by atoms with Crippen LogP contribution in [0.15, 0.2) is 48.5 Å². The van der Waals surface area contributed by atoms with Gasteiger partial charge in [-0.2, -0.15) is 0 Å². The van der Waals surface area contributed by atoms with E-state index in [1.165, 1.54) is 0 Å². The highest BCUT2D eigenvalue weighted by Crippen LogP contribution is 2.25. The van der Waals surface area contributed by atoms with E-state index in [4.69, 9.17) is 4.74 Å². The van der Waals surface area contributed by atoms with Crippen LogP contribution in [0, 0.1) is 6.92 Å². The Balaban J connectivity index is 2.19. The fraction of sp³-hybridized carbons (Fsp3) is 0.176. The van der Waals surface area contributed by atoms with Crippen LogP contribution >= 0.6 is 0 Å². The van der Waals surface area contributed by atoms with E-state index in [9.17, 15) is 9.59 Å². The molecule has 4 nitrogen and oxygen atoms in total. The van der Waals surface area contributed by atoms with Crippen LogP contribution in [-0.2, 0) is 4.79 Å². The van der Waals surface area contributed by atoms with Gasteiger partial charge in [0.2, 0.25) is 5.91 Å². The summed E-state index contributed by atoms with van der Waals surface area (Å²) in [6.45, 7) is 3.67. The Labute approximate surface area is 123 Å². The third-order valence-corrected chi connectivity index (χ3v) is 2.94. The van der Waals surface area contributed by atoms with Crippen molar-refractivity contribution in [2.75, 3.05) is 5.32 Å². The largest absolute Gasteiger partial charge is 0.421 e. The molecule has 2 rings (SSSR count). The molecule has 0 bridgehead atoms. The number of ether oxygens (including phenoxy) is 1. The molecule has 0 saturated carbocycles. The highest BCUT2D eigenvalue weighted by molar-refractivity contribution is 5.95.